The van der Waals surface area contributed by atoms with Crippen molar-refractivity contribution in [1.82, 2.24) is 4.90 Å². The van der Waals surface area contributed by atoms with Crippen LogP contribution in [0.3, 0.4) is 0 Å². The highest BCUT2D eigenvalue weighted by Gasteiger charge is 2.66. The van der Waals surface area contributed by atoms with Crippen LogP contribution in [0.25, 0.3) is 0 Å². The first-order valence-electron chi connectivity index (χ1n) is 14.4. The molecule has 0 radical (unpaired) electrons. The molecule has 4 aliphatic carbocycles. The fourth-order valence-electron chi connectivity index (χ4n) is 9.12. The van der Waals surface area contributed by atoms with Crippen LogP contribution in [-0.2, 0) is 14.2 Å². The van der Waals surface area contributed by atoms with Crippen molar-refractivity contribution in [2.75, 3.05) is 27.3 Å². The molecule has 10 atom stereocenters. The first-order chi connectivity index (χ1) is 17.2. The number of hydrogen-bond donors (Lipinski definition) is 2. The number of fused-ring (bicyclic) bond motifs is 5. The minimum Gasteiger partial charge on any atom is -0.446 e. The Labute approximate surface area is 222 Å². The first kappa shape index (κ1) is 27.4. The fourth-order valence-corrected chi connectivity index (χ4v) is 9.12. The van der Waals surface area contributed by atoms with Crippen molar-refractivity contribution in [2.45, 2.75) is 97.2 Å². The van der Waals surface area contributed by atoms with Crippen molar-refractivity contribution < 1.29 is 29.2 Å². The van der Waals surface area contributed by atoms with E-state index < -0.39 is 29.3 Å². The van der Waals surface area contributed by atoms with E-state index in [4.69, 9.17) is 14.2 Å². The predicted octanol–water partition coefficient (Wildman–Crippen LogP) is 4.61. The highest BCUT2D eigenvalue weighted by Crippen LogP contribution is 2.68. The van der Waals surface area contributed by atoms with E-state index in [9.17, 15) is 15.0 Å². The number of ether oxygens (including phenoxy) is 3. The van der Waals surface area contributed by atoms with E-state index in [1.807, 2.05) is 6.08 Å². The summed E-state index contributed by atoms with van der Waals surface area (Å²) in [4.78, 5) is 13.6. The highest BCUT2D eigenvalue weighted by atomic mass is 16.7. The summed E-state index contributed by atoms with van der Waals surface area (Å²) in [5.74, 6) is 1.88. The molecule has 1 aliphatic heterocycles. The Morgan fingerprint density at radius 3 is 2.41 bits per heavy atom. The molecule has 1 saturated heterocycles. The number of rotatable bonds is 3. The molecule has 4 fully saturated rings. The van der Waals surface area contributed by atoms with Crippen molar-refractivity contribution in [2.24, 2.45) is 45.8 Å². The van der Waals surface area contributed by atoms with E-state index in [0.29, 0.717) is 36.5 Å². The Kier molecular flexibility index (Phi) is 6.82. The lowest BCUT2D eigenvalue weighted by atomic mass is 9.44. The van der Waals surface area contributed by atoms with Crippen LogP contribution in [0.5, 0.6) is 0 Å². The monoisotopic (exact) mass is 519 g/mol. The van der Waals surface area contributed by atoms with E-state index in [0.717, 1.165) is 38.9 Å². The van der Waals surface area contributed by atoms with Gasteiger partial charge in [0.05, 0.1) is 24.9 Å². The zero-order valence-corrected chi connectivity index (χ0v) is 23.9. The summed E-state index contributed by atoms with van der Waals surface area (Å²) in [5.41, 5.74) is -1.61. The van der Waals surface area contributed by atoms with Crippen molar-refractivity contribution in [1.29, 1.82) is 0 Å². The van der Waals surface area contributed by atoms with E-state index >= 15 is 0 Å². The second kappa shape index (κ2) is 9.21. The zero-order chi connectivity index (χ0) is 27.0. The third-order valence-corrected chi connectivity index (χ3v) is 11.4. The van der Waals surface area contributed by atoms with Gasteiger partial charge < -0.3 is 29.3 Å². The highest BCUT2D eigenvalue weighted by molar-refractivity contribution is 5.67. The lowest BCUT2D eigenvalue weighted by Crippen LogP contribution is -2.66. The number of nitrogens with zero attached hydrogens (tertiary/aromatic N) is 1. The molecule has 5 rings (SSSR count). The molecule has 210 valence electrons. The molecule has 2 N–H and O–H groups in total. The quantitative estimate of drug-likeness (QED) is 0.530. The van der Waals surface area contributed by atoms with Gasteiger partial charge in [0.2, 0.25) is 0 Å². The normalized spacial score (nSPS) is 47.9. The van der Waals surface area contributed by atoms with E-state index in [-0.39, 0.29) is 23.0 Å². The van der Waals surface area contributed by atoms with Crippen molar-refractivity contribution in [3.63, 3.8) is 0 Å². The van der Waals surface area contributed by atoms with Gasteiger partial charge in [-0.1, -0.05) is 46.8 Å². The maximum atomic E-state index is 12.2. The minimum absolute atomic E-state index is 0.0696. The van der Waals surface area contributed by atoms with E-state index in [2.05, 4.69) is 40.7 Å². The Morgan fingerprint density at radius 2 is 1.76 bits per heavy atom. The molecule has 37 heavy (non-hydrogen) atoms. The predicted molar refractivity (Wildman–Crippen MR) is 141 cm³/mol. The smallest absolute Gasteiger partial charge is 0.409 e. The summed E-state index contributed by atoms with van der Waals surface area (Å²) in [6.45, 7) is 12.7. The summed E-state index contributed by atoms with van der Waals surface area (Å²) in [5, 5.41) is 23.5. The third-order valence-electron chi connectivity index (χ3n) is 11.4. The van der Waals surface area contributed by atoms with Crippen LogP contribution in [-0.4, -0.2) is 72.6 Å². The SMILES string of the molecule is CC(C1OCC(C)(C)CO1)[C@H]1CC[C@H]2[C@@H]3C=C[C@@]4(O)C[C@@H](OC(=O)N(C)C)C[C@H](O)[C@]4(C)[C@H]3CC[C@]12C. The lowest BCUT2D eigenvalue weighted by molar-refractivity contribution is -0.254. The minimum atomic E-state index is -1.20. The van der Waals surface area contributed by atoms with Crippen LogP contribution in [0.1, 0.15) is 73.1 Å². The summed E-state index contributed by atoms with van der Waals surface area (Å²) in [6.07, 6.45) is 7.45. The number of amides is 1. The van der Waals surface area contributed by atoms with Gasteiger partial charge in [-0.15, -0.1) is 0 Å². The maximum Gasteiger partial charge on any atom is 0.409 e. The maximum absolute atomic E-state index is 12.2. The molecule has 7 heteroatoms. The summed E-state index contributed by atoms with van der Waals surface area (Å²) >= 11 is 0. The molecule has 0 aromatic rings. The van der Waals surface area contributed by atoms with Gasteiger partial charge in [-0.3, -0.25) is 0 Å². The second-order valence-corrected chi connectivity index (χ2v) is 14.5. The summed E-state index contributed by atoms with van der Waals surface area (Å²) < 4.78 is 18.1. The molecule has 5 aliphatic rings. The zero-order valence-electron chi connectivity index (χ0n) is 23.9. The topological polar surface area (TPSA) is 88.5 Å². The number of aliphatic hydroxyl groups excluding tert-OH is 1. The van der Waals surface area contributed by atoms with E-state index in [1.165, 1.54) is 4.90 Å². The van der Waals surface area contributed by atoms with Gasteiger partial charge in [0.25, 0.3) is 0 Å². The molecule has 0 spiro atoms. The first-order valence-corrected chi connectivity index (χ1v) is 14.4. The number of allylic oxidation sites excluding steroid dienone is 1. The third kappa shape index (κ3) is 4.27. The van der Waals surface area contributed by atoms with Crippen LogP contribution >= 0.6 is 0 Å². The van der Waals surface area contributed by atoms with Crippen LogP contribution in [0.4, 0.5) is 4.79 Å². The van der Waals surface area contributed by atoms with Gasteiger partial charge in [-0.2, -0.15) is 0 Å². The largest absolute Gasteiger partial charge is 0.446 e. The van der Waals surface area contributed by atoms with Crippen LogP contribution in [0.15, 0.2) is 12.2 Å². The fraction of sp³-hybridized carbons (Fsp3) is 0.900. The standard InChI is InChI=1S/C30H49NO6/c1-18(25-35-16-27(2,3)17-36-25)21-8-9-22-20-10-13-30(34)15-19(37-26(33)31(6)7)14-24(32)29(30,5)23(20)11-12-28(21,22)4/h10,13,18-25,32,34H,8-9,11-12,14-17H2,1-7H3/t18?,19-,20-,21+,22-,23-,24-,28+,29-,30+/m0/s1. The molecular weight excluding hydrogens is 470 g/mol. The number of aliphatic hydroxyl groups is 2. The Morgan fingerprint density at radius 1 is 1.08 bits per heavy atom. The van der Waals surface area contributed by atoms with Gasteiger partial charge in [-0.05, 0) is 54.8 Å². The number of carbonyl (C=O) groups is 1. The van der Waals surface area contributed by atoms with E-state index in [1.54, 1.807) is 14.1 Å². The van der Waals surface area contributed by atoms with Crippen LogP contribution < -0.4 is 0 Å². The molecule has 0 aromatic carbocycles. The van der Waals surface area contributed by atoms with Crippen LogP contribution in [0.2, 0.25) is 0 Å². The van der Waals surface area contributed by atoms with Crippen molar-refractivity contribution >= 4 is 6.09 Å². The molecule has 7 nitrogen and oxygen atoms in total. The second-order valence-electron chi connectivity index (χ2n) is 14.5. The van der Waals surface area contributed by atoms with Gasteiger partial charge in [-0.25, -0.2) is 4.79 Å². The van der Waals surface area contributed by atoms with Crippen molar-refractivity contribution in [3.05, 3.63) is 12.2 Å². The number of hydrogen-bond acceptors (Lipinski definition) is 6. The lowest BCUT2D eigenvalue weighted by Gasteiger charge is -2.63. The van der Waals surface area contributed by atoms with Gasteiger partial charge in [0.15, 0.2) is 6.29 Å². The van der Waals surface area contributed by atoms with Gasteiger partial charge in [0, 0.05) is 43.7 Å². The van der Waals surface area contributed by atoms with Crippen LogP contribution in [0, 0.1) is 45.8 Å². The molecular formula is C30H49NO6. The molecule has 3 saturated carbocycles. The Hall–Kier alpha value is -1.15. The summed E-state index contributed by atoms with van der Waals surface area (Å²) in [6, 6.07) is 0. The average molecular weight is 520 g/mol. The molecule has 0 aromatic heterocycles. The molecule has 1 heterocycles. The molecule has 0 bridgehead atoms. The Bertz CT molecular complexity index is 910. The number of carbonyl (C=O) groups excluding carboxylic acids is 1. The summed E-state index contributed by atoms with van der Waals surface area (Å²) in [7, 11) is 3.29. The Balaban J connectivity index is 1.36. The van der Waals surface area contributed by atoms with Gasteiger partial charge >= 0.3 is 6.09 Å². The van der Waals surface area contributed by atoms with Crippen molar-refractivity contribution in [3.8, 4) is 0 Å². The molecule has 1 unspecified atom stereocenters. The average Bonchev–Trinajstić information content (AvgIpc) is 3.17. The molecule has 1 amide bonds. The van der Waals surface area contributed by atoms with Gasteiger partial charge in [0.1, 0.15) is 6.10 Å².